The summed E-state index contributed by atoms with van der Waals surface area (Å²) in [5.41, 5.74) is 1.17. The first-order valence-electron chi connectivity index (χ1n) is 7.82. The Kier molecular flexibility index (Phi) is 4.10. The van der Waals surface area contributed by atoms with Gasteiger partial charge in [-0.3, -0.25) is 4.79 Å². The standard InChI is InChI=1S/C16H24N4O/c1-13(21)20-7-3-4-15(20)14-5-6-16(17-12-14)19-10-8-18(2)9-11-19/h5-6,12,15H,3-4,7-11H2,1-2H3/t15-/m1/s1. The maximum Gasteiger partial charge on any atom is 0.219 e. The molecule has 0 unspecified atom stereocenters. The number of hydrogen-bond acceptors (Lipinski definition) is 4. The van der Waals surface area contributed by atoms with Crippen molar-refractivity contribution in [3.8, 4) is 0 Å². The second kappa shape index (κ2) is 6.02. The lowest BCUT2D eigenvalue weighted by Crippen LogP contribution is -2.44. The van der Waals surface area contributed by atoms with Crippen molar-refractivity contribution in [3.63, 3.8) is 0 Å². The Morgan fingerprint density at radius 1 is 1.19 bits per heavy atom. The lowest BCUT2D eigenvalue weighted by Gasteiger charge is -2.33. The molecule has 0 N–H and O–H groups in total. The summed E-state index contributed by atoms with van der Waals surface area (Å²) >= 11 is 0. The summed E-state index contributed by atoms with van der Waals surface area (Å²) < 4.78 is 0. The minimum Gasteiger partial charge on any atom is -0.354 e. The molecule has 0 aliphatic carbocycles. The van der Waals surface area contributed by atoms with E-state index in [2.05, 4.69) is 34.0 Å². The van der Waals surface area contributed by atoms with Crippen LogP contribution in [0.4, 0.5) is 5.82 Å². The fourth-order valence-corrected chi connectivity index (χ4v) is 3.31. The quantitative estimate of drug-likeness (QED) is 0.827. The Labute approximate surface area is 126 Å². The molecule has 2 aliphatic heterocycles. The minimum absolute atomic E-state index is 0.167. The summed E-state index contributed by atoms with van der Waals surface area (Å²) in [6, 6.07) is 4.47. The molecular weight excluding hydrogens is 264 g/mol. The first-order chi connectivity index (χ1) is 10.1. The zero-order valence-electron chi connectivity index (χ0n) is 13.0. The van der Waals surface area contributed by atoms with Crippen LogP contribution in [0.15, 0.2) is 18.3 Å². The molecular formula is C16H24N4O. The molecule has 0 aromatic carbocycles. The van der Waals surface area contributed by atoms with E-state index in [1.807, 2.05) is 11.1 Å². The number of carbonyl (C=O) groups excluding carboxylic acids is 1. The lowest BCUT2D eigenvalue weighted by atomic mass is 10.1. The second-order valence-electron chi connectivity index (χ2n) is 6.11. The molecule has 1 atom stereocenters. The fraction of sp³-hybridized carbons (Fsp3) is 0.625. The number of rotatable bonds is 2. The largest absolute Gasteiger partial charge is 0.354 e. The third kappa shape index (κ3) is 3.02. The molecule has 5 nitrogen and oxygen atoms in total. The van der Waals surface area contributed by atoms with E-state index in [4.69, 9.17) is 0 Å². The smallest absolute Gasteiger partial charge is 0.219 e. The molecule has 3 rings (SSSR count). The normalized spacial score (nSPS) is 23.6. The van der Waals surface area contributed by atoms with Crippen molar-refractivity contribution in [2.24, 2.45) is 0 Å². The van der Waals surface area contributed by atoms with Gasteiger partial charge in [-0.2, -0.15) is 0 Å². The first-order valence-corrected chi connectivity index (χ1v) is 7.82. The molecule has 2 saturated heterocycles. The van der Waals surface area contributed by atoms with Crippen LogP contribution in [0, 0.1) is 0 Å². The van der Waals surface area contributed by atoms with E-state index < -0.39 is 0 Å². The van der Waals surface area contributed by atoms with Crippen LogP contribution in [0.1, 0.15) is 31.4 Å². The molecule has 2 aliphatic rings. The van der Waals surface area contributed by atoms with Crippen LogP contribution in [0.5, 0.6) is 0 Å². The second-order valence-corrected chi connectivity index (χ2v) is 6.11. The highest BCUT2D eigenvalue weighted by atomic mass is 16.2. The lowest BCUT2D eigenvalue weighted by molar-refractivity contribution is -0.129. The molecule has 1 amide bonds. The molecule has 1 aromatic rings. The predicted octanol–water partition coefficient (Wildman–Crippen LogP) is 1.52. The third-order valence-corrected chi connectivity index (χ3v) is 4.64. The Bertz CT molecular complexity index is 494. The SMILES string of the molecule is CC(=O)N1CCC[C@@H]1c1ccc(N2CCN(C)CC2)nc1. The van der Waals surface area contributed by atoms with Gasteiger partial charge in [0.15, 0.2) is 0 Å². The van der Waals surface area contributed by atoms with Crippen molar-refractivity contribution in [1.82, 2.24) is 14.8 Å². The number of hydrogen-bond donors (Lipinski definition) is 0. The topological polar surface area (TPSA) is 39.7 Å². The van der Waals surface area contributed by atoms with Crippen molar-refractivity contribution in [2.45, 2.75) is 25.8 Å². The Balaban J connectivity index is 1.70. The summed E-state index contributed by atoms with van der Waals surface area (Å²) in [5.74, 6) is 1.22. The number of pyridine rings is 1. The van der Waals surface area contributed by atoms with E-state index in [1.165, 1.54) is 5.56 Å². The van der Waals surface area contributed by atoms with Crippen LogP contribution in [0.2, 0.25) is 0 Å². The van der Waals surface area contributed by atoms with E-state index in [0.29, 0.717) is 0 Å². The van der Waals surface area contributed by atoms with Crippen LogP contribution in [-0.2, 0) is 4.79 Å². The third-order valence-electron chi connectivity index (χ3n) is 4.64. The van der Waals surface area contributed by atoms with E-state index in [0.717, 1.165) is 51.4 Å². The van der Waals surface area contributed by atoms with Gasteiger partial charge >= 0.3 is 0 Å². The monoisotopic (exact) mass is 288 g/mol. The van der Waals surface area contributed by atoms with Crippen molar-refractivity contribution in [3.05, 3.63) is 23.9 Å². The number of amides is 1. The summed E-state index contributed by atoms with van der Waals surface area (Å²) in [7, 11) is 2.16. The molecule has 1 aromatic heterocycles. The molecule has 0 spiro atoms. The average molecular weight is 288 g/mol. The van der Waals surface area contributed by atoms with Crippen molar-refractivity contribution in [2.75, 3.05) is 44.7 Å². The number of carbonyl (C=O) groups is 1. The summed E-state index contributed by atoms with van der Waals surface area (Å²) in [6.07, 6.45) is 4.10. The zero-order chi connectivity index (χ0) is 14.8. The Morgan fingerprint density at radius 3 is 2.57 bits per heavy atom. The maximum absolute atomic E-state index is 11.7. The van der Waals surface area contributed by atoms with Crippen molar-refractivity contribution < 1.29 is 4.79 Å². The maximum atomic E-state index is 11.7. The van der Waals surface area contributed by atoms with Gasteiger partial charge in [0, 0.05) is 45.8 Å². The highest BCUT2D eigenvalue weighted by molar-refractivity contribution is 5.74. The number of nitrogens with zero attached hydrogens (tertiary/aromatic N) is 4. The van der Waals surface area contributed by atoms with Gasteiger partial charge in [0.2, 0.25) is 5.91 Å². The summed E-state index contributed by atoms with van der Waals surface area (Å²) in [5, 5.41) is 0. The highest BCUT2D eigenvalue weighted by Crippen LogP contribution is 2.32. The van der Waals surface area contributed by atoms with Gasteiger partial charge in [0.05, 0.1) is 6.04 Å². The van der Waals surface area contributed by atoms with E-state index in [-0.39, 0.29) is 11.9 Å². The molecule has 114 valence electrons. The summed E-state index contributed by atoms with van der Waals surface area (Å²) in [4.78, 5) is 22.9. The van der Waals surface area contributed by atoms with Gasteiger partial charge in [0.25, 0.3) is 0 Å². The number of likely N-dealkylation sites (N-methyl/N-ethyl adjacent to an activating group) is 1. The number of piperazine rings is 1. The predicted molar refractivity (Wildman–Crippen MR) is 83.3 cm³/mol. The molecule has 0 saturated carbocycles. The van der Waals surface area contributed by atoms with E-state index in [1.54, 1.807) is 6.92 Å². The molecule has 3 heterocycles. The average Bonchev–Trinajstić information content (AvgIpc) is 2.98. The van der Waals surface area contributed by atoms with Crippen LogP contribution >= 0.6 is 0 Å². The molecule has 21 heavy (non-hydrogen) atoms. The highest BCUT2D eigenvalue weighted by Gasteiger charge is 2.28. The van der Waals surface area contributed by atoms with Crippen LogP contribution in [0.3, 0.4) is 0 Å². The molecule has 2 fully saturated rings. The van der Waals surface area contributed by atoms with Gasteiger partial charge in [-0.1, -0.05) is 6.07 Å². The van der Waals surface area contributed by atoms with Gasteiger partial charge in [-0.15, -0.1) is 0 Å². The van der Waals surface area contributed by atoms with Gasteiger partial charge in [0.1, 0.15) is 5.82 Å². The number of aromatic nitrogens is 1. The zero-order valence-corrected chi connectivity index (χ0v) is 13.0. The van der Waals surface area contributed by atoms with Gasteiger partial charge in [-0.25, -0.2) is 4.98 Å². The van der Waals surface area contributed by atoms with Crippen molar-refractivity contribution in [1.29, 1.82) is 0 Å². The van der Waals surface area contributed by atoms with Crippen LogP contribution in [0.25, 0.3) is 0 Å². The van der Waals surface area contributed by atoms with Crippen LogP contribution in [-0.4, -0.2) is 60.5 Å². The summed E-state index contributed by atoms with van der Waals surface area (Å²) in [6.45, 7) is 6.77. The minimum atomic E-state index is 0.167. The van der Waals surface area contributed by atoms with Crippen molar-refractivity contribution >= 4 is 11.7 Å². The number of anilines is 1. The van der Waals surface area contributed by atoms with Crippen LogP contribution < -0.4 is 4.90 Å². The van der Waals surface area contributed by atoms with Gasteiger partial charge in [-0.05, 0) is 31.5 Å². The first kappa shape index (κ1) is 14.3. The molecule has 0 radical (unpaired) electrons. The molecule has 0 bridgehead atoms. The molecule has 5 heteroatoms. The Morgan fingerprint density at radius 2 is 1.95 bits per heavy atom. The Hall–Kier alpha value is -1.62. The number of likely N-dealkylation sites (tertiary alicyclic amines) is 1. The fourth-order valence-electron chi connectivity index (χ4n) is 3.31. The van der Waals surface area contributed by atoms with E-state index in [9.17, 15) is 4.79 Å². The van der Waals surface area contributed by atoms with Gasteiger partial charge < -0.3 is 14.7 Å². The van der Waals surface area contributed by atoms with E-state index >= 15 is 0 Å².